The molecule has 254 valence electrons. The molecular formula is C26H50F4O12. The molecule has 0 aliphatic heterocycles. The summed E-state index contributed by atoms with van der Waals surface area (Å²) in [5.74, 6) is -7.31. The number of alkyl halides is 4. The van der Waals surface area contributed by atoms with E-state index in [0.717, 1.165) is 0 Å². The van der Waals surface area contributed by atoms with E-state index in [-0.39, 0.29) is 79.3 Å². The van der Waals surface area contributed by atoms with E-state index in [4.69, 9.17) is 57.6 Å². The van der Waals surface area contributed by atoms with Crippen LogP contribution in [0.2, 0.25) is 0 Å². The van der Waals surface area contributed by atoms with Crippen LogP contribution in [0, 0.1) is 0 Å². The summed E-state index contributed by atoms with van der Waals surface area (Å²) in [5, 5.41) is 17.1. The maximum Gasteiger partial charge on any atom is 0.276 e. The lowest BCUT2D eigenvalue weighted by atomic mass is 10.1. The molecule has 42 heavy (non-hydrogen) atoms. The summed E-state index contributed by atoms with van der Waals surface area (Å²) in [4.78, 5) is 0. The molecule has 0 bridgehead atoms. The molecule has 0 amide bonds. The Kier molecular flexibility index (Phi) is 29.7. The van der Waals surface area contributed by atoms with Gasteiger partial charge in [0.05, 0.1) is 145 Å². The SMILES string of the molecule is OCCOCCOCCOCCOCCOCCC(F)(F)CC(F)(F)COCCOCCOCCOCCOCCO. The quantitative estimate of drug-likeness (QED) is 0.0770. The summed E-state index contributed by atoms with van der Waals surface area (Å²) in [6.07, 6.45) is -2.48. The fraction of sp³-hybridized carbons (Fsp3) is 1.00. The molecule has 0 heterocycles. The molecule has 0 atom stereocenters. The first-order valence-corrected chi connectivity index (χ1v) is 14.1. The predicted octanol–water partition coefficient (Wildman–Crippen LogP) is 1.19. The zero-order valence-corrected chi connectivity index (χ0v) is 24.5. The van der Waals surface area contributed by atoms with Gasteiger partial charge in [-0.2, -0.15) is 0 Å². The molecule has 0 rings (SSSR count). The Bertz CT molecular complexity index is 553. The van der Waals surface area contributed by atoms with Crippen molar-refractivity contribution >= 4 is 0 Å². The van der Waals surface area contributed by atoms with Crippen LogP contribution in [0.4, 0.5) is 17.6 Å². The highest BCUT2D eigenvalue weighted by Gasteiger charge is 2.43. The average Bonchev–Trinajstić information content (AvgIpc) is 2.94. The third-order valence-corrected chi connectivity index (χ3v) is 4.89. The molecule has 0 fully saturated rings. The van der Waals surface area contributed by atoms with Crippen LogP contribution in [0.1, 0.15) is 12.8 Å². The van der Waals surface area contributed by atoms with Crippen molar-refractivity contribution in [2.75, 3.05) is 145 Å². The van der Waals surface area contributed by atoms with Gasteiger partial charge in [0.1, 0.15) is 6.61 Å². The first-order valence-electron chi connectivity index (χ1n) is 14.1. The smallest absolute Gasteiger partial charge is 0.276 e. The van der Waals surface area contributed by atoms with E-state index < -0.39 is 31.3 Å². The molecule has 0 aliphatic carbocycles. The molecule has 0 saturated carbocycles. The average molecular weight is 631 g/mol. The fourth-order valence-corrected chi connectivity index (χ4v) is 2.95. The van der Waals surface area contributed by atoms with Gasteiger partial charge in [0.15, 0.2) is 0 Å². The van der Waals surface area contributed by atoms with Gasteiger partial charge in [0.25, 0.3) is 11.8 Å². The molecule has 0 aromatic carbocycles. The molecule has 0 saturated heterocycles. The van der Waals surface area contributed by atoms with Crippen molar-refractivity contribution in [2.24, 2.45) is 0 Å². The number of aliphatic hydroxyl groups excluding tert-OH is 2. The predicted molar refractivity (Wildman–Crippen MR) is 141 cm³/mol. The van der Waals surface area contributed by atoms with Crippen LogP contribution < -0.4 is 0 Å². The Hall–Kier alpha value is -0.760. The Labute approximate surface area is 245 Å². The van der Waals surface area contributed by atoms with Crippen molar-refractivity contribution in [2.45, 2.75) is 24.7 Å². The second kappa shape index (κ2) is 30.3. The minimum Gasteiger partial charge on any atom is -0.394 e. The van der Waals surface area contributed by atoms with E-state index in [1.54, 1.807) is 0 Å². The summed E-state index contributed by atoms with van der Waals surface area (Å²) in [7, 11) is 0. The van der Waals surface area contributed by atoms with Crippen molar-refractivity contribution in [1.82, 2.24) is 0 Å². The van der Waals surface area contributed by atoms with Gasteiger partial charge in [-0.3, -0.25) is 0 Å². The summed E-state index contributed by atoms with van der Waals surface area (Å²) in [5.41, 5.74) is 0. The minimum atomic E-state index is -3.70. The van der Waals surface area contributed by atoms with E-state index in [1.165, 1.54) is 0 Å². The minimum absolute atomic E-state index is 0.0214. The summed E-state index contributed by atoms with van der Waals surface area (Å²) in [6.45, 7) is 3.14. The van der Waals surface area contributed by atoms with Crippen LogP contribution in [-0.2, 0) is 47.4 Å². The maximum absolute atomic E-state index is 13.9. The highest BCUT2D eigenvalue weighted by Crippen LogP contribution is 2.33. The number of rotatable bonds is 35. The lowest BCUT2D eigenvalue weighted by molar-refractivity contribution is -0.152. The van der Waals surface area contributed by atoms with Gasteiger partial charge in [-0.05, 0) is 0 Å². The molecule has 12 nitrogen and oxygen atoms in total. The summed E-state index contributed by atoms with van der Waals surface area (Å²) >= 11 is 0. The van der Waals surface area contributed by atoms with E-state index in [1.807, 2.05) is 0 Å². The lowest BCUT2D eigenvalue weighted by Gasteiger charge is -2.23. The molecule has 0 aromatic heterocycles. The molecule has 0 aromatic rings. The number of aliphatic hydroxyl groups is 2. The van der Waals surface area contributed by atoms with E-state index >= 15 is 0 Å². The molecule has 0 radical (unpaired) electrons. The van der Waals surface area contributed by atoms with Gasteiger partial charge < -0.3 is 57.6 Å². The van der Waals surface area contributed by atoms with Gasteiger partial charge in [-0.15, -0.1) is 0 Å². The highest BCUT2D eigenvalue weighted by atomic mass is 19.3. The second-order valence-corrected chi connectivity index (χ2v) is 8.65. The molecule has 16 heteroatoms. The van der Waals surface area contributed by atoms with Crippen LogP contribution in [-0.4, -0.2) is 167 Å². The van der Waals surface area contributed by atoms with Crippen LogP contribution in [0.3, 0.4) is 0 Å². The topological polar surface area (TPSA) is 133 Å². The number of hydrogen-bond donors (Lipinski definition) is 2. The zero-order chi connectivity index (χ0) is 31.0. The molecule has 0 unspecified atom stereocenters. The van der Waals surface area contributed by atoms with Crippen molar-refractivity contribution in [3.8, 4) is 0 Å². The van der Waals surface area contributed by atoms with Crippen LogP contribution in [0.25, 0.3) is 0 Å². The lowest BCUT2D eigenvalue weighted by Crippen LogP contribution is -2.34. The Morgan fingerprint density at radius 3 is 0.905 bits per heavy atom. The van der Waals surface area contributed by atoms with Gasteiger partial charge in [-0.25, -0.2) is 17.6 Å². The highest BCUT2D eigenvalue weighted by molar-refractivity contribution is 4.77. The fourth-order valence-electron chi connectivity index (χ4n) is 2.95. The first-order chi connectivity index (χ1) is 20.3. The van der Waals surface area contributed by atoms with Crippen molar-refractivity contribution in [1.29, 1.82) is 0 Å². The number of hydrogen-bond acceptors (Lipinski definition) is 12. The monoisotopic (exact) mass is 630 g/mol. The third kappa shape index (κ3) is 32.2. The van der Waals surface area contributed by atoms with Gasteiger partial charge in [0.2, 0.25) is 0 Å². The Morgan fingerprint density at radius 1 is 0.333 bits per heavy atom. The standard InChI is InChI=1S/C26H50F4O12/c27-25(28,1-4-33-7-10-36-13-16-39-17-14-37-11-8-34-5-2-31)23-26(29,30)24-42-22-21-41-20-19-40-18-15-38-12-9-35-6-3-32/h31-32H,1-24H2. The van der Waals surface area contributed by atoms with Crippen LogP contribution >= 0.6 is 0 Å². The largest absolute Gasteiger partial charge is 0.394 e. The van der Waals surface area contributed by atoms with E-state index in [2.05, 4.69) is 0 Å². The van der Waals surface area contributed by atoms with Crippen molar-refractivity contribution < 1.29 is 75.1 Å². The van der Waals surface area contributed by atoms with Crippen molar-refractivity contribution in [3.05, 3.63) is 0 Å². The summed E-state index contributed by atoms with van der Waals surface area (Å²) in [6, 6.07) is 0. The van der Waals surface area contributed by atoms with Gasteiger partial charge in [-0.1, -0.05) is 0 Å². The maximum atomic E-state index is 13.9. The molecule has 0 spiro atoms. The van der Waals surface area contributed by atoms with Crippen LogP contribution in [0.15, 0.2) is 0 Å². The number of ether oxygens (including phenoxy) is 10. The third-order valence-electron chi connectivity index (χ3n) is 4.89. The van der Waals surface area contributed by atoms with E-state index in [9.17, 15) is 17.6 Å². The first kappa shape index (κ1) is 41.2. The van der Waals surface area contributed by atoms with Gasteiger partial charge >= 0.3 is 0 Å². The van der Waals surface area contributed by atoms with E-state index in [0.29, 0.717) is 59.5 Å². The Balaban J connectivity index is 3.52. The van der Waals surface area contributed by atoms with Crippen molar-refractivity contribution in [3.63, 3.8) is 0 Å². The number of halogens is 4. The zero-order valence-electron chi connectivity index (χ0n) is 24.5. The Morgan fingerprint density at radius 2 is 0.595 bits per heavy atom. The summed E-state index contributed by atoms with van der Waals surface area (Å²) < 4.78 is 107. The molecule has 2 N–H and O–H groups in total. The van der Waals surface area contributed by atoms with Crippen LogP contribution in [0.5, 0.6) is 0 Å². The molecular weight excluding hydrogens is 580 g/mol. The van der Waals surface area contributed by atoms with Gasteiger partial charge in [0, 0.05) is 6.42 Å². The normalized spacial score (nSPS) is 12.4. The second-order valence-electron chi connectivity index (χ2n) is 8.65. The molecule has 0 aliphatic rings.